The van der Waals surface area contributed by atoms with Crippen molar-refractivity contribution in [1.82, 2.24) is 29.9 Å². The predicted molar refractivity (Wildman–Crippen MR) is 275 cm³/mol. The predicted octanol–water partition coefficient (Wildman–Crippen LogP) is 15.1. The Kier molecular flexibility index (Phi) is 12.4. The highest BCUT2D eigenvalue weighted by molar-refractivity contribution is 5.78. The van der Waals surface area contributed by atoms with Gasteiger partial charge in [-0.15, -0.1) is 0 Å². The van der Waals surface area contributed by atoms with E-state index in [1.807, 2.05) is 67.6 Å². The summed E-state index contributed by atoms with van der Waals surface area (Å²) in [4.78, 5) is 30.4. The first-order valence-electron chi connectivity index (χ1n) is 23.1. The maximum absolute atomic E-state index is 5.12. The Bertz CT molecular complexity index is 3210. The topological polar surface area (TPSA) is 77.3 Å². The third-order valence-electron chi connectivity index (χ3n) is 12.8. The largest absolute Gasteiger partial charge is 0.208 e. The van der Waals surface area contributed by atoms with E-state index in [4.69, 9.17) is 29.9 Å². The van der Waals surface area contributed by atoms with Gasteiger partial charge in [-0.05, 0) is 65.3 Å². The zero-order chi connectivity index (χ0) is 45.4. The average Bonchev–Trinajstić information content (AvgIpc) is 3.42. The van der Waals surface area contributed by atoms with Crippen LogP contribution in [0.5, 0.6) is 0 Å². The maximum atomic E-state index is 5.12. The van der Waals surface area contributed by atoms with Crippen molar-refractivity contribution in [3.63, 3.8) is 0 Å². The van der Waals surface area contributed by atoms with Crippen molar-refractivity contribution in [1.29, 1.82) is 0 Å². The van der Waals surface area contributed by atoms with Gasteiger partial charge in [0.1, 0.15) is 0 Å². The Hall–Kier alpha value is -8.22. The standard InChI is InChI=1S/C61H50N6/c1-3-5-20-43(4-2)49-27-18-29-51(41-49)59-64-55(45-23-12-7-13-24-45)62-57(66-59)47-31-35-53(36-32-47)61(39-16-9-17-40-61)54-37-33-48(34-38-54)58-63-56(46-25-14-8-15-26-46)65-60(67-58)52-30-19-28-50(42-52)44-21-10-6-11-22-44/h3-8,10-15,18-38,41-42H,1,9,16-17,39-40H2,2H3/b20-5-,43-4+. The van der Waals surface area contributed by atoms with E-state index in [-0.39, 0.29) is 5.41 Å². The summed E-state index contributed by atoms with van der Waals surface area (Å²) >= 11 is 0. The van der Waals surface area contributed by atoms with Crippen molar-refractivity contribution < 1.29 is 0 Å². The molecule has 1 fully saturated rings. The van der Waals surface area contributed by atoms with Crippen LogP contribution in [0.2, 0.25) is 0 Å². The van der Waals surface area contributed by atoms with Gasteiger partial charge in [-0.25, -0.2) is 29.9 Å². The number of nitrogens with zero attached hydrogens (tertiary/aromatic N) is 6. The van der Waals surface area contributed by atoms with E-state index < -0.39 is 0 Å². The zero-order valence-electron chi connectivity index (χ0n) is 37.6. The van der Waals surface area contributed by atoms with Gasteiger partial charge in [-0.2, -0.15) is 0 Å². The molecule has 1 aliphatic rings. The number of rotatable bonds is 12. The van der Waals surface area contributed by atoms with Crippen LogP contribution in [0.4, 0.5) is 0 Å². The summed E-state index contributed by atoms with van der Waals surface area (Å²) in [7, 11) is 0. The van der Waals surface area contributed by atoms with Crippen molar-refractivity contribution in [2.75, 3.05) is 0 Å². The second kappa shape index (κ2) is 19.5. The molecule has 2 heterocycles. The number of aromatic nitrogens is 6. The Morgan fingerprint density at radius 3 is 1.25 bits per heavy atom. The van der Waals surface area contributed by atoms with E-state index in [0.29, 0.717) is 34.9 Å². The molecule has 0 bridgehead atoms. The van der Waals surface area contributed by atoms with Crippen LogP contribution in [-0.2, 0) is 5.41 Å². The summed E-state index contributed by atoms with van der Waals surface area (Å²) in [5, 5.41) is 0. The van der Waals surface area contributed by atoms with Crippen LogP contribution in [0, 0.1) is 0 Å². The molecule has 6 nitrogen and oxygen atoms in total. The minimum Gasteiger partial charge on any atom is -0.208 e. The molecule has 6 heteroatoms. The maximum Gasteiger partial charge on any atom is 0.164 e. The molecule has 67 heavy (non-hydrogen) atoms. The third-order valence-corrected chi connectivity index (χ3v) is 12.8. The number of hydrogen-bond acceptors (Lipinski definition) is 6. The van der Waals surface area contributed by atoms with Crippen molar-refractivity contribution >= 4 is 5.57 Å². The second-order valence-electron chi connectivity index (χ2n) is 17.0. The van der Waals surface area contributed by atoms with Gasteiger partial charge in [-0.3, -0.25) is 0 Å². The van der Waals surface area contributed by atoms with E-state index in [1.165, 1.54) is 17.5 Å². The highest BCUT2D eigenvalue weighted by Crippen LogP contribution is 2.46. The molecular formula is C61H50N6. The first-order valence-corrected chi connectivity index (χ1v) is 23.1. The fourth-order valence-corrected chi connectivity index (χ4v) is 9.31. The van der Waals surface area contributed by atoms with Gasteiger partial charge < -0.3 is 0 Å². The summed E-state index contributed by atoms with van der Waals surface area (Å²) in [6, 6.07) is 65.4. The van der Waals surface area contributed by atoms with Gasteiger partial charge in [0, 0.05) is 38.8 Å². The lowest BCUT2D eigenvalue weighted by Crippen LogP contribution is -2.30. The first-order chi connectivity index (χ1) is 33.1. The molecule has 10 rings (SSSR count). The molecule has 2 aromatic heterocycles. The van der Waals surface area contributed by atoms with Crippen LogP contribution in [0.3, 0.4) is 0 Å². The minimum atomic E-state index is -0.142. The Morgan fingerprint density at radius 2 is 0.791 bits per heavy atom. The minimum absolute atomic E-state index is 0.142. The summed E-state index contributed by atoms with van der Waals surface area (Å²) in [5.74, 6) is 3.84. The molecule has 0 unspecified atom stereocenters. The number of allylic oxidation sites excluding steroid dienone is 5. The van der Waals surface area contributed by atoms with Crippen molar-refractivity contribution in [3.8, 4) is 79.5 Å². The molecule has 0 aliphatic heterocycles. The third kappa shape index (κ3) is 9.20. The SMILES string of the molecule is C=C/C=C\C(=C/C)c1cccc(-c2nc(-c3ccccc3)nc(-c3ccc(C4(c5ccc(-c6nc(-c7ccccc7)nc(-c7cccc(-c8ccccc8)c7)n6)cc5)CCCCC4)cc3)n2)c1. The van der Waals surface area contributed by atoms with Gasteiger partial charge in [-0.1, -0.05) is 226 Å². The van der Waals surface area contributed by atoms with Gasteiger partial charge in [0.25, 0.3) is 0 Å². The molecule has 0 spiro atoms. The molecule has 0 amide bonds. The smallest absolute Gasteiger partial charge is 0.164 e. The van der Waals surface area contributed by atoms with E-state index in [9.17, 15) is 0 Å². The molecule has 0 atom stereocenters. The Balaban J connectivity index is 0.996. The molecule has 1 aliphatic carbocycles. The van der Waals surface area contributed by atoms with Crippen molar-refractivity contribution in [2.24, 2.45) is 0 Å². The Morgan fingerprint density at radius 1 is 0.403 bits per heavy atom. The van der Waals surface area contributed by atoms with Crippen molar-refractivity contribution in [2.45, 2.75) is 44.4 Å². The van der Waals surface area contributed by atoms with Crippen LogP contribution in [0.15, 0.2) is 219 Å². The van der Waals surface area contributed by atoms with Crippen LogP contribution < -0.4 is 0 Å². The van der Waals surface area contributed by atoms with Crippen LogP contribution in [0.1, 0.15) is 55.7 Å². The second-order valence-corrected chi connectivity index (χ2v) is 17.0. The lowest BCUT2D eigenvalue weighted by Gasteiger charge is -2.39. The number of hydrogen-bond donors (Lipinski definition) is 0. The van der Waals surface area contributed by atoms with E-state index in [0.717, 1.165) is 81.3 Å². The first kappa shape index (κ1) is 42.7. The summed E-state index contributed by atoms with van der Waals surface area (Å²) < 4.78 is 0. The quantitative estimate of drug-likeness (QED) is 0.114. The molecule has 0 N–H and O–H groups in total. The summed E-state index contributed by atoms with van der Waals surface area (Å²) in [6.07, 6.45) is 13.6. The van der Waals surface area contributed by atoms with E-state index >= 15 is 0 Å². The average molecular weight is 867 g/mol. The molecule has 7 aromatic carbocycles. The fourth-order valence-electron chi connectivity index (χ4n) is 9.31. The lowest BCUT2D eigenvalue weighted by molar-refractivity contribution is 0.346. The number of benzene rings is 7. The van der Waals surface area contributed by atoms with Crippen LogP contribution in [-0.4, -0.2) is 29.9 Å². The highest BCUT2D eigenvalue weighted by atomic mass is 15.0. The normalized spacial score (nSPS) is 13.7. The molecule has 0 radical (unpaired) electrons. The van der Waals surface area contributed by atoms with Gasteiger partial charge in [0.05, 0.1) is 0 Å². The monoisotopic (exact) mass is 866 g/mol. The van der Waals surface area contributed by atoms with Crippen molar-refractivity contribution in [3.05, 3.63) is 236 Å². The molecule has 1 saturated carbocycles. The van der Waals surface area contributed by atoms with Gasteiger partial charge >= 0.3 is 0 Å². The van der Waals surface area contributed by atoms with Crippen LogP contribution >= 0.6 is 0 Å². The molecule has 324 valence electrons. The zero-order valence-corrected chi connectivity index (χ0v) is 37.6. The molecule has 0 saturated heterocycles. The highest BCUT2D eigenvalue weighted by Gasteiger charge is 2.36. The van der Waals surface area contributed by atoms with Crippen LogP contribution in [0.25, 0.3) is 85.0 Å². The molecular weight excluding hydrogens is 817 g/mol. The Labute approximate surface area is 393 Å². The van der Waals surface area contributed by atoms with E-state index in [1.54, 1.807) is 6.08 Å². The summed E-state index contributed by atoms with van der Waals surface area (Å²) in [6.45, 7) is 5.89. The van der Waals surface area contributed by atoms with E-state index in [2.05, 4.69) is 152 Å². The lowest BCUT2D eigenvalue weighted by atomic mass is 9.65. The molecule has 9 aromatic rings. The fraction of sp³-hybridized carbons (Fsp3) is 0.115. The van der Waals surface area contributed by atoms with Gasteiger partial charge in [0.2, 0.25) is 0 Å². The summed E-state index contributed by atoms with van der Waals surface area (Å²) in [5.41, 5.74) is 12.5. The van der Waals surface area contributed by atoms with Gasteiger partial charge in [0.15, 0.2) is 34.9 Å².